The van der Waals surface area contributed by atoms with Crippen molar-refractivity contribution in [2.45, 2.75) is 32.6 Å². The lowest BCUT2D eigenvalue weighted by Gasteiger charge is -2.20. The highest BCUT2D eigenvalue weighted by atomic mass is 16.5. The summed E-state index contributed by atoms with van der Waals surface area (Å²) in [6, 6.07) is 11.9. The Labute approximate surface area is 188 Å². The van der Waals surface area contributed by atoms with Gasteiger partial charge in [0.15, 0.2) is 11.5 Å². The number of anilines is 2. The molecule has 32 heavy (non-hydrogen) atoms. The van der Waals surface area contributed by atoms with Crippen molar-refractivity contribution in [1.29, 1.82) is 0 Å². The van der Waals surface area contributed by atoms with Gasteiger partial charge in [-0.05, 0) is 42.0 Å². The molecule has 0 aliphatic carbocycles. The molecule has 7 heteroatoms. The van der Waals surface area contributed by atoms with Gasteiger partial charge in [-0.2, -0.15) is 0 Å². The van der Waals surface area contributed by atoms with Crippen LogP contribution < -0.4 is 19.7 Å². The summed E-state index contributed by atoms with van der Waals surface area (Å²) in [7, 11) is 3.23. The van der Waals surface area contributed by atoms with Gasteiger partial charge in [-0.15, -0.1) is 0 Å². The van der Waals surface area contributed by atoms with Crippen LogP contribution in [-0.4, -0.2) is 43.2 Å². The van der Waals surface area contributed by atoms with E-state index in [4.69, 9.17) is 9.47 Å². The van der Waals surface area contributed by atoms with Gasteiger partial charge in [0.05, 0.1) is 19.7 Å². The molecule has 1 N–H and O–H groups in total. The summed E-state index contributed by atoms with van der Waals surface area (Å²) >= 11 is 0. The standard InChI is InChI=1S/C25H30N4O3/c1-16(2)18-5-7-19(8-6-18)28-24(30)11-17-9-10-29(14-17)25-20-12-22(31-3)23(32-4)13-21(20)26-15-27-25/h5-8,12-13,15-17H,9-11,14H2,1-4H3,(H,28,30). The normalized spacial score (nSPS) is 15.9. The molecule has 1 saturated heterocycles. The largest absolute Gasteiger partial charge is 0.493 e. The van der Waals surface area contributed by atoms with E-state index in [2.05, 4.69) is 46.2 Å². The maximum atomic E-state index is 12.6. The lowest BCUT2D eigenvalue weighted by molar-refractivity contribution is -0.116. The first kappa shape index (κ1) is 21.9. The van der Waals surface area contributed by atoms with E-state index in [1.54, 1.807) is 20.5 Å². The third-order valence-corrected chi connectivity index (χ3v) is 6.04. The molecular formula is C25H30N4O3. The number of carbonyl (C=O) groups is 1. The molecular weight excluding hydrogens is 404 g/mol. The number of hydrogen-bond acceptors (Lipinski definition) is 6. The molecule has 1 amide bonds. The first-order chi connectivity index (χ1) is 15.5. The molecule has 2 heterocycles. The number of nitrogens with zero attached hydrogens (tertiary/aromatic N) is 3. The predicted octanol–water partition coefficient (Wildman–Crippen LogP) is 4.63. The SMILES string of the molecule is COc1cc2ncnc(N3CCC(CC(=O)Nc4ccc(C(C)C)cc4)C3)c2cc1OC. The Hall–Kier alpha value is -3.35. The van der Waals surface area contributed by atoms with Crippen LogP contribution >= 0.6 is 0 Å². The molecule has 1 atom stereocenters. The third-order valence-electron chi connectivity index (χ3n) is 6.04. The lowest BCUT2D eigenvalue weighted by atomic mass is 10.0. The molecule has 168 valence electrons. The van der Waals surface area contributed by atoms with Crippen LogP contribution in [0.3, 0.4) is 0 Å². The van der Waals surface area contributed by atoms with Crippen LogP contribution in [0.25, 0.3) is 10.9 Å². The van der Waals surface area contributed by atoms with Crippen molar-refractivity contribution in [1.82, 2.24) is 9.97 Å². The van der Waals surface area contributed by atoms with Crippen molar-refractivity contribution in [2.75, 3.05) is 37.5 Å². The van der Waals surface area contributed by atoms with Crippen molar-refractivity contribution >= 4 is 28.3 Å². The maximum absolute atomic E-state index is 12.6. The molecule has 2 aromatic carbocycles. The van der Waals surface area contributed by atoms with Gasteiger partial charge in [0.1, 0.15) is 12.1 Å². The van der Waals surface area contributed by atoms with Crippen molar-refractivity contribution in [3.63, 3.8) is 0 Å². The first-order valence-electron chi connectivity index (χ1n) is 11.0. The van der Waals surface area contributed by atoms with Crippen LogP contribution in [0.2, 0.25) is 0 Å². The summed E-state index contributed by atoms with van der Waals surface area (Å²) in [6.07, 6.45) is 3.01. The molecule has 1 aliphatic heterocycles. The molecule has 0 radical (unpaired) electrons. The fourth-order valence-electron chi connectivity index (χ4n) is 4.24. The van der Waals surface area contributed by atoms with Crippen LogP contribution in [0.4, 0.5) is 11.5 Å². The molecule has 1 aliphatic rings. The van der Waals surface area contributed by atoms with Crippen LogP contribution in [-0.2, 0) is 4.79 Å². The van der Waals surface area contributed by atoms with Gasteiger partial charge in [-0.1, -0.05) is 26.0 Å². The quantitative estimate of drug-likeness (QED) is 0.584. The number of rotatable bonds is 7. The molecule has 7 nitrogen and oxygen atoms in total. The number of methoxy groups -OCH3 is 2. The third kappa shape index (κ3) is 4.61. The number of fused-ring (bicyclic) bond motifs is 1. The minimum Gasteiger partial charge on any atom is -0.493 e. The van der Waals surface area contributed by atoms with E-state index in [0.717, 1.165) is 41.9 Å². The van der Waals surface area contributed by atoms with Crippen molar-refractivity contribution in [3.8, 4) is 11.5 Å². The van der Waals surface area contributed by atoms with Crippen molar-refractivity contribution in [3.05, 3.63) is 48.3 Å². The average Bonchev–Trinajstić information content (AvgIpc) is 3.25. The van der Waals surface area contributed by atoms with E-state index in [0.29, 0.717) is 23.8 Å². The summed E-state index contributed by atoms with van der Waals surface area (Å²) in [6.45, 7) is 5.95. The van der Waals surface area contributed by atoms with Crippen LogP contribution in [0.1, 0.15) is 38.2 Å². The Morgan fingerprint density at radius 1 is 1.12 bits per heavy atom. The zero-order chi connectivity index (χ0) is 22.7. The average molecular weight is 435 g/mol. The van der Waals surface area contributed by atoms with Crippen LogP contribution in [0, 0.1) is 5.92 Å². The van der Waals surface area contributed by atoms with Gasteiger partial charge in [0, 0.05) is 36.7 Å². The summed E-state index contributed by atoms with van der Waals surface area (Å²) in [5.41, 5.74) is 2.91. The van der Waals surface area contributed by atoms with E-state index in [9.17, 15) is 4.79 Å². The molecule has 0 saturated carbocycles. The van der Waals surface area contributed by atoms with E-state index in [1.165, 1.54) is 5.56 Å². The Morgan fingerprint density at radius 2 is 1.84 bits per heavy atom. The topological polar surface area (TPSA) is 76.6 Å². The minimum absolute atomic E-state index is 0.0492. The zero-order valence-electron chi connectivity index (χ0n) is 19.1. The monoisotopic (exact) mass is 434 g/mol. The van der Waals surface area contributed by atoms with Crippen LogP contribution in [0.5, 0.6) is 11.5 Å². The van der Waals surface area contributed by atoms with E-state index in [1.807, 2.05) is 24.3 Å². The fraction of sp³-hybridized carbons (Fsp3) is 0.400. The number of nitrogens with one attached hydrogen (secondary N) is 1. The highest BCUT2D eigenvalue weighted by Crippen LogP contribution is 2.36. The predicted molar refractivity (Wildman–Crippen MR) is 127 cm³/mol. The smallest absolute Gasteiger partial charge is 0.224 e. The van der Waals surface area contributed by atoms with E-state index >= 15 is 0 Å². The summed E-state index contributed by atoms with van der Waals surface area (Å²) in [4.78, 5) is 23.8. The zero-order valence-corrected chi connectivity index (χ0v) is 19.1. The minimum atomic E-state index is 0.0492. The highest BCUT2D eigenvalue weighted by molar-refractivity contribution is 5.93. The van der Waals surface area contributed by atoms with Gasteiger partial charge >= 0.3 is 0 Å². The molecule has 1 fully saturated rings. The second-order valence-corrected chi connectivity index (χ2v) is 8.55. The molecule has 3 aromatic rings. The molecule has 4 rings (SSSR count). The van der Waals surface area contributed by atoms with Gasteiger partial charge in [-0.3, -0.25) is 4.79 Å². The van der Waals surface area contributed by atoms with Gasteiger partial charge in [0.2, 0.25) is 5.91 Å². The highest BCUT2D eigenvalue weighted by Gasteiger charge is 2.27. The van der Waals surface area contributed by atoms with E-state index in [-0.39, 0.29) is 11.8 Å². The van der Waals surface area contributed by atoms with Crippen LogP contribution in [0.15, 0.2) is 42.7 Å². The second kappa shape index (κ2) is 9.42. The Kier molecular flexibility index (Phi) is 6.44. The van der Waals surface area contributed by atoms with Gasteiger partial charge < -0.3 is 19.7 Å². The summed E-state index contributed by atoms with van der Waals surface area (Å²) < 4.78 is 10.9. The number of ether oxygens (including phenoxy) is 2. The van der Waals surface area contributed by atoms with Gasteiger partial charge in [-0.25, -0.2) is 9.97 Å². The number of amides is 1. The molecule has 0 spiro atoms. The van der Waals surface area contributed by atoms with E-state index < -0.39 is 0 Å². The lowest BCUT2D eigenvalue weighted by Crippen LogP contribution is -2.23. The number of hydrogen-bond donors (Lipinski definition) is 1. The Balaban J connectivity index is 1.43. The fourth-order valence-corrected chi connectivity index (χ4v) is 4.24. The van der Waals surface area contributed by atoms with Gasteiger partial charge in [0.25, 0.3) is 0 Å². The first-order valence-corrected chi connectivity index (χ1v) is 11.0. The molecule has 1 unspecified atom stereocenters. The maximum Gasteiger partial charge on any atom is 0.224 e. The summed E-state index contributed by atoms with van der Waals surface area (Å²) in [5, 5.41) is 3.95. The summed E-state index contributed by atoms with van der Waals surface area (Å²) in [5.74, 6) is 2.95. The molecule has 0 bridgehead atoms. The van der Waals surface area contributed by atoms with Crippen molar-refractivity contribution in [2.24, 2.45) is 5.92 Å². The molecule has 1 aromatic heterocycles. The number of benzene rings is 2. The second-order valence-electron chi connectivity index (χ2n) is 8.55. The number of aromatic nitrogens is 2. The van der Waals surface area contributed by atoms with Crippen molar-refractivity contribution < 1.29 is 14.3 Å². The Morgan fingerprint density at radius 3 is 2.53 bits per heavy atom. The number of carbonyl (C=O) groups excluding carboxylic acids is 1. The Bertz CT molecular complexity index is 1100.